The molecule has 0 radical (unpaired) electrons. The van der Waals surface area contributed by atoms with Gasteiger partial charge < -0.3 is 10.6 Å². The fourth-order valence-electron chi connectivity index (χ4n) is 2.56. The molecular formula is C15H18N4O. The van der Waals surface area contributed by atoms with Crippen LogP contribution in [-0.4, -0.2) is 33.7 Å². The molecule has 3 rings (SSSR count). The minimum Gasteiger partial charge on any atom is -0.338 e. The lowest BCUT2D eigenvalue weighted by Crippen LogP contribution is -2.25. The van der Waals surface area contributed by atoms with Crippen LogP contribution in [0.2, 0.25) is 0 Å². The van der Waals surface area contributed by atoms with E-state index in [1.165, 1.54) is 0 Å². The van der Waals surface area contributed by atoms with E-state index in [1.54, 1.807) is 6.20 Å². The number of hydrogen-bond donors (Lipinski definition) is 1. The van der Waals surface area contributed by atoms with Crippen LogP contribution in [-0.2, 0) is 11.3 Å². The average Bonchev–Trinajstić information content (AvgIpc) is 3.10. The van der Waals surface area contributed by atoms with Gasteiger partial charge in [-0.15, -0.1) is 0 Å². The van der Waals surface area contributed by atoms with Crippen LogP contribution < -0.4 is 5.73 Å². The van der Waals surface area contributed by atoms with Gasteiger partial charge >= 0.3 is 0 Å². The van der Waals surface area contributed by atoms with E-state index in [-0.39, 0.29) is 5.91 Å². The third-order valence-corrected chi connectivity index (χ3v) is 3.71. The molecule has 104 valence electrons. The van der Waals surface area contributed by atoms with E-state index in [2.05, 4.69) is 5.10 Å². The number of benzene rings is 1. The smallest absolute Gasteiger partial charge is 0.223 e. The highest BCUT2D eigenvalue weighted by Crippen LogP contribution is 2.19. The second-order valence-corrected chi connectivity index (χ2v) is 5.20. The van der Waals surface area contributed by atoms with Crippen LogP contribution in [0.1, 0.15) is 12.0 Å². The number of nitrogens with zero attached hydrogens (tertiary/aromatic N) is 3. The van der Waals surface area contributed by atoms with Crippen LogP contribution in [0, 0.1) is 5.92 Å². The standard InChI is InChI=1S/C15H18N4O/c16-9-13-8-15(20)18(11-13)10-12-2-4-14(5-3-12)19-7-1-6-17-19/h1-7,13H,8-11,16H2. The largest absolute Gasteiger partial charge is 0.338 e. The maximum atomic E-state index is 11.9. The van der Waals surface area contributed by atoms with Crippen molar-refractivity contribution in [2.45, 2.75) is 13.0 Å². The van der Waals surface area contributed by atoms with E-state index in [1.807, 2.05) is 46.1 Å². The Morgan fingerprint density at radius 1 is 1.30 bits per heavy atom. The summed E-state index contributed by atoms with van der Waals surface area (Å²) in [6.07, 6.45) is 4.25. The molecule has 0 aliphatic carbocycles. The number of carbonyl (C=O) groups is 1. The fraction of sp³-hybridized carbons (Fsp3) is 0.333. The van der Waals surface area contributed by atoms with E-state index >= 15 is 0 Å². The summed E-state index contributed by atoms with van der Waals surface area (Å²) in [5, 5.41) is 4.19. The first-order valence-electron chi connectivity index (χ1n) is 6.83. The summed E-state index contributed by atoms with van der Waals surface area (Å²) < 4.78 is 1.81. The van der Waals surface area contributed by atoms with Gasteiger partial charge in [0.15, 0.2) is 0 Å². The van der Waals surface area contributed by atoms with E-state index in [0.29, 0.717) is 25.4 Å². The second kappa shape index (κ2) is 5.46. The Morgan fingerprint density at radius 3 is 2.70 bits per heavy atom. The first-order chi connectivity index (χ1) is 9.76. The summed E-state index contributed by atoms with van der Waals surface area (Å²) in [5.41, 5.74) is 7.79. The summed E-state index contributed by atoms with van der Waals surface area (Å²) in [7, 11) is 0. The molecular weight excluding hydrogens is 252 g/mol. The normalized spacial score (nSPS) is 18.8. The Morgan fingerprint density at radius 2 is 2.10 bits per heavy atom. The van der Waals surface area contributed by atoms with Gasteiger partial charge in [0.25, 0.3) is 0 Å². The van der Waals surface area contributed by atoms with Gasteiger partial charge in [-0.2, -0.15) is 5.10 Å². The first kappa shape index (κ1) is 12.9. The molecule has 1 unspecified atom stereocenters. The van der Waals surface area contributed by atoms with Gasteiger partial charge in [-0.05, 0) is 36.2 Å². The number of likely N-dealkylation sites (tertiary alicyclic amines) is 1. The van der Waals surface area contributed by atoms with Crippen molar-refractivity contribution in [3.63, 3.8) is 0 Å². The van der Waals surface area contributed by atoms with Crippen LogP contribution >= 0.6 is 0 Å². The molecule has 5 heteroatoms. The SMILES string of the molecule is NCC1CC(=O)N(Cc2ccc(-n3cccn3)cc2)C1. The summed E-state index contributed by atoms with van der Waals surface area (Å²) >= 11 is 0. The quantitative estimate of drug-likeness (QED) is 0.907. The van der Waals surface area contributed by atoms with Gasteiger partial charge in [0, 0.05) is 31.9 Å². The zero-order valence-electron chi connectivity index (χ0n) is 11.3. The van der Waals surface area contributed by atoms with E-state index in [9.17, 15) is 4.79 Å². The molecule has 1 amide bonds. The molecule has 2 heterocycles. The van der Waals surface area contributed by atoms with Crippen LogP contribution in [0.3, 0.4) is 0 Å². The van der Waals surface area contributed by atoms with E-state index in [4.69, 9.17) is 5.73 Å². The Labute approximate surface area is 118 Å². The fourth-order valence-corrected chi connectivity index (χ4v) is 2.56. The van der Waals surface area contributed by atoms with Crippen molar-refractivity contribution in [1.82, 2.24) is 14.7 Å². The van der Waals surface area contributed by atoms with Gasteiger partial charge in [-0.3, -0.25) is 4.79 Å². The third kappa shape index (κ3) is 2.58. The van der Waals surface area contributed by atoms with Crippen molar-refractivity contribution >= 4 is 5.91 Å². The molecule has 0 saturated carbocycles. The summed E-state index contributed by atoms with van der Waals surface area (Å²) in [6, 6.07) is 10.0. The highest BCUT2D eigenvalue weighted by Gasteiger charge is 2.28. The molecule has 0 spiro atoms. The maximum Gasteiger partial charge on any atom is 0.223 e. The minimum absolute atomic E-state index is 0.205. The van der Waals surface area contributed by atoms with Gasteiger partial charge in [-0.25, -0.2) is 4.68 Å². The molecule has 1 aliphatic heterocycles. The van der Waals surface area contributed by atoms with Crippen LogP contribution in [0.5, 0.6) is 0 Å². The van der Waals surface area contributed by atoms with Crippen molar-refractivity contribution in [2.24, 2.45) is 11.7 Å². The Kier molecular flexibility index (Phi) is 3.52. The maximum absolute atomic E-state index is 11.9. The minimum atomic E-state index is 0.205. The highest BCUT2D eigenvalue weighted by atomic mass is 16.2. The van der Waals surface area contributed by atoms with Gasteiger partial charge in [0.1, 0.15) is 0 Å². The summed E-state index contributed by atoms with van der Waals surface area (Å²) in [4.78, 5) is 13.7. The Bertz CT molecular complexity index is 576. The van der Waals surface area contributed by atoms with E-state index < -0.39 is 0 Å². The Hall–Kier alpha value is -2.14. The van der Waals surface area contributed by atoms with Crippen molar-refractivity contribution < 1.29 is 4.79 Å². The third-order valence-electron chi connectivity index (χ3n) is 3.71. The lowest BCUT2D eigenvalue weighted by Gasteiger charge is -2.16. The molecule has 0 bridgehead atoms. The second-order valence-electron chi connectivity index (χ2n) is 5.20. The molecule has 1 aromatic carbocycles. The molecule has 1 aromatic heterocycles. The molecule has 2 N–H and O–H groups in total. The monoisotopic (exact) mass is 270 g/mol. The van der Waals surface area contributed by atoms with Gasteiger partial charge in [-0.1, -0.05) is 12.1 Å². The van der Waals surface area contributed by atoms with Crippen molar-refractivity contribution in [3.8, 4) is 5.69 Å². The van der Waals surface area contributed by atoms with Crippen LogP contribution in [0.15, 0.2) is 42.7 Å². The zero-order valence-corrected chi connectivity index (χ0v) is 11.3. The van der Waals surface area contributed by atoms with E-state index in [0.717, 1.165) is 17.8 Å². The summed E-state index contributed by atoms with van der Waals surface area (Å²) in [5.74, 6) is 0.516. The lowest BCUT2D eigenvalue weighted by molar-refractivity contribution is -0.128. The number of rotatable bonds is 4. The average molecular weight is 270 g/mol. The number of carbonyl (C=O) groups excluding carboxylic acids is 1. The molecule has 5 nitrogen and oxygen atoms in total. The molecule has 2 aromatic rings. The van der Waals surface area contributed by atoms with Gasteiger partial charge in [0.05, 0.1) is 5.69 Å². The number of aromatic nitrogens is 2. The van der Waals surface area contributed by atoms with Crippen molar-refractivity contribution in [2.75, 3.05) is 13.1 Å². The lowest BCUT2D eigenvalue weighted by atomic mass is 10.1. The highest BCUT2D eigenvalue weighted by molar-refractivity contribution is 5.78. The zero-order chi connectivity index (χ0) is 13.9. The number of nitrogens with two attached hydrogens (primary N) is 1. The van der Waals surface area contributed by atoms with Crippen LogP contribution in [0.4, 0.5) is 0 Å². The predicted molar refractivity (Wildman–Crippen MR) is 76.1 cm³/mol. The molecule has 20 heavy (non-hydrogen) atoms. The molecule has 1 atom stereocenters. The Balaban J connectivity index is 1.68. The number of amides is 1. The van der Waals surface area contributed by atoms with Crippen LogP contribution in [0.25, 0.3) is 5.69 Å². The topological polar surface area (TPSA) is 64.2 Å². The first-order valence-corrected chi connectivity index (χ1v) is 6.83. The van der Waals surface area contributed by atoms with Gasteiger partial charge in [0.2, 0.25) is 5.91 Å². The number of hydrogen-bond acceptors (Lipinski definition) is 3. The molecule has 1 saturated heterocycles. The summed E-state index contributed by atoms with van der Waals surface area (Å²) in [6.45, 7) is 2.02. The molecule has 1 aliphatic rings. The van der Waals surface area contributed by atoms with Crippen molar-refractivity contribution in [1.29, 1.82) is 0 Å². The van der Waals surface area contributed by atoms with Crippen molar-refractivity contribution in [3.05, 3.63) is 48.3 Å². The predicted octanol–water partition coefficient (Wildman–Crippen LogP) is 1.18. The molecule has 1 fully saturated rings.